The summed E-state index contributed by atoms with van der Waals surface area (Å²) in [4.78, 5) is 0. The number of nitrogens with zero attached hydrogens (tertiary/aromatic N) is 2. The maximum Gasteiger partial charge on any atom is 0.203 e. The number of rotatable bonds is 8. The van der Waals surface area contributed by atoms with Gasteiger partial charge in [0.15, 0.2) is 11.5 Å². The minimum Gasteiger partial charge on any atom is -0.507 e. The summed E-state index contributed by atoms with van der Waals surface area (Å²) in [7, 11) is 7.85. The van der Waals surface area contributed by atoms with Crippen LogP contribution in [0.5, 0.6) is 34.5 Å². The Balaban J connectivity index is 1.72. The number of benzene rings is 4. The van der Waals surface area contributed by atoms with Crippen molar-refractivity contribution < 1.29 is 28.8 Å². The van der Waals surface area contributed by atoms with Gasteiger partial charge in [-0.3, -0.25) is 5.01 Å². The highest BCUT2D eigenvalue weighted by atomic mass is 16.5. The number of hydrogen-bond donors (Lipinski definition) is 1. The number of hydrogen-bond acceptors (Lipinski definition) is 8. The summed E-state index contributed by atoms with van der Waals surface area (Å²) < 4.78 is 27.8. The fourth-order valence-electron chi connectivity index (χ4n) is 5.03. The van der Waals surface area contributed by atoms with Crippen molar-refractivity contribution in [1.82, 2.24) is 0 Å². The summed E-state index contributed by atoms with van der Waals surface area (Å²) in [6.45, 7) is 0. The van der Waals surface area contributed by atoms with E-state index in [2.05, 4.69) is 30.3 Å². The second-order valence-corrected chi connectivity index (χ2v) is 8.79. The Bertz CT molecular complexity index is 1490. The molecule has 0 aromatic heterocycles. The topological polar surface area (TPSA) is 82.0 Å². The average molecular weight is 515 g/mol. The molecule has 1 aliphatic heterocycles. The number of anilines is 1. The number of aromatic hydroxyl groups is 1. The minimum atomic E-state index is -0.190. The maximum atomic E-state index is 11.0. The summed E-state index contributed by atoms with van der Waals surface area (Å²) in [5.41, 5.74) is 3.05. The van der Waals surface area contributed by atoms with Gasteiger partial charge in [-0.25, -0.2) is 0 Å². The lowest BCUT2D eigenvalue weighted by Crippen LogP contribution is -2.19. The monoisotopic (exact) mass is 514 g/mol. The maximum absolute atomic E-state index is 11.0. The highest BCUT2D eigenvalue weighted by Gasteiger charge is 2.34. The molecule has 4 aromatic carbocycles. The van der Waals surface area contributed by atoms with Gasteiger partial charge in [0.05, 0.1) is 58.6 Å². The average Bonchev–Trinajstić information content (AvgIpc) is 3.40. The fraction of sp³-hybridized carbons (Fsp3) is 0.233. The molecular formula is C30H30N2O6. The molecule has 8 heteroatoms. The summed E-state index contributed by atoms with van der Waals surface area (Å²) in [5.74, 6) is 2.54. The van der Waals surface area contributed by atoms with Crippen LogP contribution in [-0.4, -0.2) is 46.4 Å². The molecule has 4 aromatic rings. The van der Waals surface area contributed by atoms with E-state index >= 15 is 0 Å². The Hall–Kier alpha value is -4.59. The molecule has 1 aliphatic rings. The van der Waals surface area contributed by atoms with Crippen molar-refractivity contribution in [2.75, 3.05) is 40.6 Å². The van der Waals surface area contributed by atoms with E-state index in [9.17, 15) is 5.11 Å². The Kier molecular flexibility index (Phi) is 6.87. The number of phenols is 1. The Labute approximate surface area is 221 Å². The first-order chi connectivity index (χ1) is 18.5. The molecule has 1 atom stereocenters. The van der Waals surface area contributed by atoms with E-state index in [1.165, 1.54) is 0 Å². The van der Waals surface area contributed by atoms with Gasteiger partial charge in [-0.05, 0) is 16.3 Å². The quantitative estimate of drug-likeness (QED) is 0.311. The molecular weight excluding hydrogens is 484 g/mol. The van der Waals surface area contributed by atoms with Gasteiger partial charge < -0.3 is 28.8 Å². The molecule has 1 N–H and O–H groups in total. The predicted octanol–water partition coefficient (Wildman–Crippen LogP) is 5.94. The van der Waals surface area contributed by atoms with Crippen molar-refractivity contribution in [2.24, 2.45) is 5.10 Å². The zero-order valence-corrected chi connectivity index (χ0v) is 22.0. The number of methoxy groups -OCH3 is 5. The molecule has 38 heavy (non-hydrogen) atoms. The third-order valence-corrected chi connectivity index (χ3v) is 6.81. The number of phenolic OH excluding ortho intramolecular Hbond substituents is 1. The molecule has 1 heterocycles. The summed E-state index contributed by atoms with van der Waals surface area (Å²) in [6, 6.07) is 21.4. The summed E-state index contributed by atoms with van der Waals surface area (Å²) in [5, 5.41) is 20.2. The van der Waals surface area contributed by atoms with Crippen LogP contribution in [0.4, 0.5) is 5.69 Å². The first-order valence-electron chi connectivity index (χ1n) is 12.1. The van der Waals surface area contributed by atoms with E-state index in [0.717, 1.165) is 22.0 Å². The Morgan fingerprint density at radius 3 is 2.11 bits per heavy atom. The van der Waals surface area contributed by atoms with Crippen LogP contribution in [-0.2, 0) is 0 Å². The van der Waals surface area contributed by atoms with Crippen LogP contribution in [0.15, 0.2) is 71.8 Å². The molecule has 0 aliphatic carbocycles. The Morgan fingerprint density at radius 1 is 0.763 bits per heavy atom. The van der Waals surface area contributed by atoms with Gasteiger partial charge >= 0.3 is 0 Å². The van der Waals surface area contributed by atoms with Crippen LogP contribution >= 0.6 is 0 Å². The number of ether oxygens (including phenoxy) is 5. The lowest BCUT2D eigenvalue weighted by molar-refractivity contribution is 0.324. The fourth-order valence-corrected chi connectivity index (χ4v) is 5.03. The third kappa shape index (κ3) is 4.28. The number of hydrazone groups is 1. The van der Waals surface area contributed by atoms with Crippen LogP contribution in [0.2, 0.25) is 0 Å². The van der Waals surface area contributed by atoms with Crippen molar-refractivity contribution in [2.45, 2.75) is 12.5 Å². The van der Waals surface area contributed by atoms with Crippen molar-refractivity contribution in [3.05, 3.63) is 77.9 Å². The molecule has 196 valence electrons. The molecule has 1 unspecified atom stereocenters. The molecule has 0 bridgehead atoms. The van der Waals surface area contributed by atoms with Gasteiger partial charge in [0.1, 0.15) is 17.2 Å². The van der Waals surface area contributed by atoms with Crippen molar-refractivity contribution >= 4 is 22.2 Å². The van der Waals surface area contributed by atoms with E-state index in [1.54, 1.807) is 47.7 Å². The van der Waals surface area contributed by atoms with E-state index in [1.807, 2.05) is 29.3 Å². The molecule has 5 rings (SSSR count). The molecule has 0 radical (unpaired) electrons. The van der Waals surface area contributed by atoms with Crippen LogP contribution in [0, 0.1) is 0 Å². The minimum absolute atomic E-state index is 0.0309. The highest BCUT2D eigenvalue weighted by Crippen LogP contribution is 2.47. The van der Waals surface area contributed by atoms with E-state index < -0.39 is 0 Å². The molecule has 0 fully saturated rings. The lowest BCUT2D eigenvalue weighted by atomic mass is 9.93. The third-order valence-electron chi connectivity index (χ3n) is 6.81. The normalized spacial score (nSPS) is 14.8. The summed E-state index contributed by atoms with van der Waals surface area (Å²) >= 11 is 0. The first-order valence-corrected chi connectivity index (χ1v) is 12.1. The zero-order valence-electron chi connectivity index (χ0n) is 22.0. The molecule has 0 spiro atoms. The van der Waals surface area contributed by atoms with E-state index in [0.29, 0.717) is 46.4 Å². The van der Waals surface area contributed by atoms with Crippen molar-refractivity contribution in [3.8, 4) is 34.5 Å². The van der Waals surface area contributed by atoms with Crippen LogP contribution in [0.25, 0.3) is 10.8 Å². The molecule has 0 saturated heterocycles. The zero-order chi connectivity index (χ0) is 26.8. The smallest absolute Gasteiger partial charge is 0.203 e. The largest absolute Gasteiger partial charge is 0.507 e. The van der Waals surface area contributed by atoms with E-state index in [4.69, 9.17) is 28.8 Å². The summed E-state index contributed by atoms with van der Waals surface area (Å²) in [6.07, 6.45) is 0.515. The van der Waals surface area contributed by atoms with Crippen molar-refractivity contribution in [3.63, 3.8) is 0 Å². The van der Waals surface area contributed by atoms with E-state index in [-0.39, 0.29) is 11.8 Å². The standard InChI is InChI=1S/C30H30N2O6/c1-34-20-15-25(33)29(26(16-20)35-2)23-17-24(22-12-8-10-18-9-6-7-11-21(18)22)32(31-23)19-13-27(36-3)30(38-5)28(14-19)37-4/h6-16,24,33H,17H2,1-5H3. The van der Waals surface area contributed by atoms with Gasteiger partial charge in [0.25, 0.3) is 0 Å². The molecule has 8 nitrogen and oxygen atoms in total. The van der Waals surface area contributed by atoms with Gasteiger partial charge in [-0.1, -0.05) is 42.5 Å². The lowest BCUT2D eigenvalue weighted by Gasteiger charge is -2.26. The van der Waals surface area contributed by atoms with Crippen molar-refractivity contribution in [1.29, 1.82) is 0 Å². The van der Waals surface area contributed by atoms with Crippen LogP contribution in [0.3, 0.4) is 0 Å². The van der Waals surface area contributed by atoms with Gasteiger partial charge in [0.2, 0.25) is 5.75 Å². The molecule has 0 saturated carbocycles. The predicted molar refractivity (Wildman–Crippen MR) is 148 cm³/mol. The first kappa shape index (κ1) is 25.1. The second kappa shape index (κ2) is 10.4. The van der Waals surface area contributed by atoms with Crippen LogP contribution in [0.1, 0.15) is 23.6 Å². The molecule has 0 amide bonds. The second-order valence-electron chi connectivity index (χ2n) is 8.79. The SMILES string of the molecule is COc1cc(O)c(C2=NN(c3cc(OC)c(OC)c(OC)c3)C(c3cccc4ccccc34)C2)c(OC)c1. The van der Waals surface area contributed by atoms with Gasteiger partial charge in [0, 0.05) is 30.7 Å². The highest BCUT2D eigenvalue weighted by molar-refractivity contribution is 6.08. The Morgan fingerprint density at radius 2 is 1.45 bits per heavy atom. The van der Waals surface area contributed by atoms with Crippen LogP contribution < -0.4 is 28.7 Å². The van der Waals surface area contributed by atoms with Gasteiger partial charge in [-0.15, -0.1) is 0 Å². The number of fused-ring (bicyclic) bond motifs is 1. The van der Waals surface area contributed by atoms with Gasteiger partial charge in [-0.2, -0.15) is 5.10 Å².